The van der Waals surface area contributed by atoms with Crippen molar-refractivity contribution in [1.29, 1.82) is 5.26 Å². The van der Waals surface area contributed by atoms with Crippen LogP contribution in [0, 0.1) is 22.6 Å². The zero-order chi connectivity index (χ0) is 14.5. The molecule has 5 heteroatoms. The number of halogens is 1. The molecular weight excluding hydrogens is 247 g/mol. The smallest absolute Gasteiger partial charge is 0.311 e. The Morgan fingerprint density at radius 3 is 2.53 bits per heavy atom. The van der Waals surface area contributed by atoms with E-state index in [0.29, 0.717) is 12.8 Å². The molecule has 0 saturated heterocycles. The Kier molecular flexibility index (Phi) is 4.87. The van der Waals surface area contributed by atoms with Crippen LogP contribution in [0.1, 0.15) is 32.3 Å². The summed E-state index contributed by atoms with van der Waals surface area (Å²) >= 11 is 0. The Hall–Kier alpha value is -2.09. The lowest BCUT2D eigenvalue weighted by Crippen LogP contribution is -2.37. The van der Waals surface area contributed by atoms with Gasteiger partial charge in [0.15, 0.2) is 0 Å². The quantitative estimate of drug-likeness (QED) is 0.828. The van der Waals surface area contributed by atoms with Crippen molar-refractivity contribution in [2.75, 3.05) is 11.9 Å². The maximum Gasteiger partial charge on any atom is 0.311 e. The van der Waals surface area contributed by atoms with Gasteiger partial charge in [-0.05, 0) is 31.0 Å². The molecule has 0 aliphatic carbocycles. The van der Waals surface area contributed by atoms with Crippen LogP contribution in [0.25, 0.3) is 0 Å². The van der Waals surface area contributed by atoms with E-state index in [4.69, 9.17) is 5.26 Å². The fourth-order valence-electron chi connectivity index (χ4n) is 1.87. The second-order valence-corrected chi connectivity index (χ2v) is 4.45. The van der Waals surface area contributed by atoms with Crippen molar-refractivity contribution in [3.05, 3.63) is 29.6 Å². The minimum Gasteiger partial charge on any atom is -0.481 e. The number of rotatable bonds is 6. The lowest BCUT2D eigenvalue weighted by atomic mass is 9.82. The third kappa shape index (κ3) is 3.22. The molecule has 1 aromatic rings. The highest BCUT2D eigenvalue weighted by atomic mass is 19.1. The van der Waals surface area contributed by atoms with Gasteiger partial charge < -0.3 is 10.4 Å². The summed E-state index contributed by atoms with van der Waals surface area (Å²) in [5.41, 5.74) is -0.453. The van der Waals surface area contributed by atoms with Gasteiger partial charge in [0, 0.05) is 6.54 Å². The number of carbonyl (C=O) groups is 1. The highest BCUT2D eigenvalue weighted by molar-refractivity contribution is 5.75. The summed E-state index contributed by atoms with van der Waals surface area (Å²) in [6, 6.07) is 5.92. The van der Waals surface area contributed by atoms with Crippen LogP contribution in [0.15, 0.2) is 18.2 Å². The predicted molar refractivity (Wildman–Crippen MR) is 70.3 cm³/mol. The highest BCUT2D eigenvalue weighted by Crippen LogP contribution is 2.28. The van der Waals surface area contributed by atoms with Crippen molar-refractivity contribution >= 4 is 11.7 Å². The second kappa shape index (κ2) is 6.19. The molecule has 0 unspecified atom stereocenters. The minimum absolute atomic E-state index is 0.151. The summed E-state index contributed by atoms with van der Waals surface area (Å²) in [5.74, 6) is -1.44. The molecular formula is C14H17FN2O2. The first kappa shape index (κ1) is 15.0. The van der Waals surface area contributed by atoms with Crippen molar-refractivity contribution in [3.63, 3.8) is 0 Å². The zero-order valence-electron chi connectivity index (χ0n) is 11.0. The predicted octanol–water partition coefficient (Wildman–Crippen LogP) is 3.00. The molecule has 0 aromatic heterocycles. The maximum absolute atomic E-state index is 13.7. The molecule has 1 rings (SSSR count). The van der Waals surface area contributed by atoms with Crippen LogP contribution in [0.3, 0.4) is 0 Å². The number of aliphatic carboxylic acids is 1. The van der Waals surface area contributed by atoms with Crippen LogP contribution in [-0.2, 0) is 4.79 Å². The van der Waals surface area contributed by atoms with Crippen LogP contribution in [0.4, 0.5) is 10.1 Å². The molecule has 0 saturated carbocycles. The molecule has 0 fully saturated rings. The lowest BCUT2D eigenvalue weighted by Gasteiger charge is -2.27. The Morgan fingerprint density at radius 1 is 1.47 bits per heavy atom. The number of benzene rings is 1. The Labute approximate surface area is 111 Å². The molecule has 0 spiro atoms. The number of carboxylic acid groups (broad SMARTS) is 1. The molecule has 0 radical (unpaired) electrons. The molecule has 0 aliphatic rings. The summed E-state index contributed by atoms with van der Waals surface area (Å²) in [5, 5.41) is 20.7. The normalized spacial score (nSPS) is 10.8. The van der Waals surface area contributed by atoms with E-state index in [1.807, 2.05) is 6.07 Å². The number of carboxylic acids is 1. The monoisotopic (exact) mass is 264 g/mol. The number of anilines is 1. The van der Waals surface area contributed by atoms with E-state index in [1.54, 1.807) is 13.8 Å². The average Bonchev–Trinajstić information content (AvgIpc) is 2.41. The van der Waals surface area contributed by atoms with E-state index in [0.717, 1.165) is 6.07 Å². The molecule has 1 aromatic carbocycles. The number of nitrogens with zero attached hydrogens (tertiary/aromatic N) is 1. The Bertz CT molecular complexity index is 505. The van der Waals surface area contributed by atoms with Crippen molar-refractivity contribution < 1.29 is 14.3 Å². The maximum atomic E-state index is 13.7. The van der Waals surface area contributed by atoms with Crippen LogP contribution >= 0.6 is 0 Å². The molecule has 4 nitrogen and oxygen atoms in total. The van der Waals surface area contributed by atoms with Crippen LogP contribution in [0.5, 0.6) is 0 Å². The summed E-state index contributed by atoms with van der Waals surface area (Å²) in [4.78, 5) is 11.3. The van der Waals surface area contributed by atoms with Crippen molar-refractivity contribution in [2.45, 2.75) is 26.7 Å². The number of nitriles is 1. The Morgan fingerprint density at radius 2 is 2.11 bits per heavy atom. The molecule has 0 atom stereocenters. The molecule has 2 N–H and O–H groups in total. The summed E-state index contributed by atoms with van der Waals surface area (Å²) in [7, 11) is 0. The van der Waals surface area contributed by atoms with E-state index in [1.165, 1.54) is 12.1 Å². The van der Waals surface area contributed by atoms with Gasteiger partial charge in [-0.25, -0.2) is 4.39 Å². The molecule has 0 heterocycles. The van der Waals surface area contributed by atoms with E-state index in [9.17, 15) is 14.3 Å². The van der Waals surface area contributed by atoms with Crippen molar-refractivity contribution in [3.8, 4) is 6.07 Å². The van der Waals surface area contributed by atoms with Crippen LogP contribution in [-0.4, -0.2) is 17.6 Å². The second-order valence-electron chi connectivity index (χ2n) is 4.45. The topological polar surface area (TPSA) is 73.1 Å². The number of nitrogens with one attached hydrogen (secondary N) is 1. The van der Waals surface area contributed by atoms with Gasteiger partial charge in [-0.3, -0.25) is 4.79 Å². The van der Waals surface area contributed by atoms with Gasteiger partial charge in [0.1, 0.15) is 5.82 Å². The molecule has 19 heavy (non-hydrogen) atoms. The third-order valence-corrected chi connectivity index (χ3v) is 3.52. The van der Waals surface area contributed by atoms with Crippen LogP contribution < -0.4 is 5.32 Å². The Balaban J connectivity index is 2.87. The zero-order valence-corrected chi connectivity index (χ0v) is 11.0. The average molecular weight is 264 g/mol. The first-order chi connectivity index (χ1) is 8.99. The molecule has 0 aliphatic heterocycles. The standard InChI is InChI=1S/C14H17FN2O2/c1-3-14(4-2,13(18)19)9-17-12-6-5-10(8-16)7-11(12)15/h5-7,17H,3-4,9H2,1-2H3,(H,18,19). The van der Waals surface area contributed by atoms with Gasteiger partial charge in [0.2, 0.25) is 0 Å². The van der Waals surface area contributed by atoms with E-state index < -0.39 is 17.2 Å². The van der Waals surface area contributed by atoms with Crippen LogP contribution in [0.2, 0.25) is 0 Å². The third-order valence-electron chi connectivity index (χ3n) is 3.52. The molecule has 102 valence electrons. The van der Waals surface area contributed by atoms with Crippen molar-refractivity contribution in [2.24, 2.45) is 5.41 Å². The fourth-order valence-corrected chi connectivity index (χ4v) is 1.87. The SMILES string of the molecule is CCC(CC)(CNc1ccc(C#N)cc1F)C(=O)O. The van der Waals surface area contributed by atoms with Gasteiger partial charge in [-0.1, -0.05) is 13.8 Å². The minimum atomic E-state index is -0.902. The van der Waals surface area contributed by atoms with E-state index in [2.05, 4.69) is 5.32 Å². The number of hydrogen-bond acceptors (Lipinski definition) is 3. The fraction of sp³-hybridized carbons (Fsp3) is 0.429. The number of hydrogen-bond donors (Lipinski definition) is 2. The molecule has 0 bridgehead atoms. The summed E-state index contributed by atoms with van der Waals surface area (Å²) < 4.78 is 13.7. The first-order valence-corrected chi connectivity index (χ1v) is 6.16. The lowest BCUT2D eigenvalue weighted by molar-refractivity contribution is -0.148. The van der Waals surface area contributed by atoms with Gasteiger partial charge in [0.05, 0.1) is 22.7 Å². The largest absolute Gasteiger partial charge is 0.481 e. The van der Waals surface area contributed by atoms with E-state index in [-0.39, 0.29) is 17.8 Å². The summed E-state index contributed by atoms with van der Waals surface area (Å²) in [6.07, 6.45) is 0.924. The van der Waals surface area contributed by atoms with E-state index >= 15 is 0 Å². The van der Waals surface area contributed by atoms with Gasteiger partial charge in [0.25, 0.3) is 0 Å². The van der Waals surface area contributed by atoms with Crippen molar-refractivity contribution in [1.82, 2.24) is 0 Å². The van der Waals surface area contributed by atoms with Gasteiger partial charge in [-0.2, -0.15) is 5.26 Å². The van der Waals surface area contributed by atoms with Gasteiger partial charge >= 0.3 is 5.97 Å². The summed E-state index contributed by atoms with van der Waals surface area (Å²) in [6.45, 7) is 3.75. The van der Waals surface area contributed by atoms with Gasteiger partial charge in [-0.15, -0.1) is 0 Å². The highest BCUT2D eigenvalue weighted by Gasteiger charge is 2.34. The molecule has 0 amide bonds. The first-order valence-electron chi connectivity index (χ1n) is 6.16.